The Morgan fingerprint density at radius 2 is 1.46 bits per heavy atom. The zero-order valence-electron chi connectivity index (χ0n) is 12.9. The summed E-state index contributed by atoms with van der Waals surface area (Å²) >= 11 is 0. The van der Waals surface area contributed by atoms with Gasteiger partial charge in [0.1, 0.15) is 11.5 Å². The molecule has 10 nitrogen and oxygen atoms in total. The minimum absolute atomic E-state index is 0.0482. The van der Waals surface area contributed by atoms with Crippen molar-refractivity contribution < 1.29 is 20.1 Å². The van der Waals surface area contributed by atoms with Crippen molar-refractivity contribution in [2.75, 3.05) is 0 Å². The van der Waals surface area contributed by atoms with E-state index in [9.17, 15) is 30.4 Å². The van der Waals surface area contributed by atoms with Crippen LogP contribution in [-0.4, -0.2) is 20.1 Å². The Hall–Kier alpha value is -4.08. The Bertz CT molecular complexity index is 1080. The average Bonchev–Trinajstić information content (AvgIpc) is 2.61. The molecule has 0 heterocycles. The van der Waals surface area contributed by atoms with Crippen molar-refractivity contribution in [3.05, 3.63) is 68.8 Å². The maximum Gasteiger partial charge on any atom is 0.303 e. The second-order valence-corrected chi connectivity index (χ2v) is 5.22. The molecule has 0 saturated carbocycles. The number of phenolic OH excluding ortho intramolecular Hbond substituents is 2. The number of aromatic hydroxyl groups is 2. The molecule has 3 rings (SSSR count). The predicted octanol–water partition coefficient (Wildman–Crippen LogP) is 4.48. The number of nitrogens with zero attached hydrogens (tertiary/aromatic N) is 4. The summed E-state index contributed by atoms with van der Waals surface area (Å²) in [5.41, 5.74) is -0.837. The molecule has 0 saturated heterocycles. The van der Waals surface area contributed by atoms with Gasteiger partial charge in [-0.1, -0.05) is 0 Å². The van der Waals surface area contributed by atoms with Gasteiger partial charge in [-0.05, 0) is 36.4 Å². The summed E-state index contributed by atoms with van der Waals surface area (Å²) in [5, 5.41) is 49.8. The van der Waals surface area contributed by atoms with Gasteiger partial charge in [-0.3, -0.25) is 20.2 Å². The van der Waals surface area contributed by atoms with E-state index in [1.165, 1.54) is 30.3 Å². The fourth-order valence-corrected chi connectivity index (χ4v) is 2.36. The number of nitro benzene ring substituents is 2. The number of nitro groups is 2. The molecule has 0 aliphatic rings. The normalized spacial score (nSPS) is 11.1. The Kier molecular flexibility index (Phi) is 4.15. The first-order valence-corrected chi connectivity index (χ1v) is 7.16. The highest BCUT2D eigenvalue weighted by molar-refractivity contribution is 5.97. The van der Waals surface area contributed by atoms with Gasteiger partial charge in [0.05, 0.1) is 21.6 Å². The average molecular weight is 354 g/mol. The van der Waals surface area contributed by atoms with E-state index < -0.39 is 21.2 Å². The SMILES string of the molecule is O=[N+]([O-])c1ccc(N=Nc2ccc(O)c3cc(O)ccc23)c([N+](=O)[O-])c1. The van der Waals surface area contributed by atoms with Crippen molar-refractivity contribution in [1.82, 2.24) is 0 Å². The van der Waals surface area contributed by atoms with E-state index in [1.807, 2.05) is 0 Å². The van der Waals surface area contributed by atoms with Crippen molar-refractivity contribution in [1.29, 1.82) is 0 Å². The summed E-state index contributed by atoms with van der Waals surface area (Å²) in [5.74, 6) is -0.121. The summed E-state index contributed by atoms with van der Waals surface area (Å²) in [7, 11) is 0. The summed E-state index contributed by atoms with van der Waals surface area (Å²) in [6, 6.07) is 10.1. The maximum absolute atomic E-state index is 11.1. The smallest absolute Gasteiger partial charge is 0.303 e. The van der Waals surface area contributed by atoms with E-state index in [0.29, 0.717) is 16.5 Å². The molecule has 0 unspecified atom stereocenters. The van der Waals surface area contributed by atoms with Gasteiger partial charge in [-0.15, -0.1) is 10.2 Å². The molecular weight excluding hydrogens is 344 g/mol. The zero-order chi connectivity index (χ0) is 18.8. The third kappa shape index (κ3) is 3.11. The minimum atomic E-state index is -0.783. The van der Waals surface area contributed by atoms with Gasteiger partial charge in [0.2, 0.25) is 0 Å². The minimum Gasteiger partial charge on any atom is -0.508 e. The highest BCUT2D eigenvalue weighted by atomic mass is 16.6. The number of fused-ring (bicyclic) bond motifs is 1. The van der Waals surface area contributed by atoms with Crippen molar-refractivity contribution in [3.8, 4) is 11.5 Å². The third-order valence-corrected chi connectivity index (χ3v) is 3.59. The van der Waals surface area contributed by atoms with Gasteiger partial charge in [0, 0.05) is 16.8 Å². The number of rotatable bonds is 4. The van der Waals surface area contributed by atoms with E-state index in [-0.39, 0.29) is 17.2 Å². The molecular formula is C16H10N4O6. The lowest BCUT2D eigenvalue weighted by molar-refractivity contribution is -0.393. The Balaban J connectivity index is 2.09. The number of hydrogen-bond donors (Lipinski definition) is 2. The first-order valence-electron chi connectivity index (χ1n) is 7.16. The molecule has 26 heavy (non-hydrogen) atoms. The largest absolute Gasteiger partial charge is 0.508 e. The molecule has 0 bridgehead atoms. The van der Waals surface area contributed by atoms with Gasteiger partial charge in [0.15, 0.2) is 5.69 Å². The van der Waals surface area contributed by atoms with Crippen molar-refractivity contribution in [2.24, 2.45) is 10.2 Å². The van der Waals surface area contributed by atoms with Gasteiger partial charge < -0.3 is 10.2 Å². The van der Waals surface area contributed by atoms with E-state index in [0.717, 1.165) is 18.2 Å². The number of azo groups is 1. The molecule has 3 aromatic rings. The van der Waals surface area contributed by atoms with Gasteiger partial charge in [0.25, 0.3) is 5.69 Å². The molecule has 3 aromatic carbocycles. The van der Waals surface area contributed by atoms with Crippen LogP contribution in [0.2, 0.25) is 0 Å². The second kappa shape index (κ2) is 6.43. The van der Waals surface area contributed by atoms with Crippen LogP contribution in [0.25, 0.3) is 10.8 Å². The van der Waals surface area contributed by atoms with Crippen LogP contribution in [0.3, 0.4) is 0 Å². The molecule has 0 radical (unpaired) electrons. The van der Waals surface area contributed by atoms with E-state index in [1.54, 1.807) is 0 Å². The van der Waals surface area contributed by atoms with Crippen LogP contribution in [0.5, 0.6) is 11.5 Å². The molecule has 0 amide bonds. The lowest BCUT2D eigenvalue weighted by atomic mass is 10.1. The third-order valence-electron chi connectivity index (χ3n) is 3.59. The fraction of sp³-hybridized carbons (Fsp3) is 0. The summed E-state index contributed by atoms with van der Waals surface area (Å²) < 4.78 is 0. The van der Waals surface area contributed by atoms with E-state index in [4.69, 9.17) is 0 Å². The van der Waals surface area contributed by atoms with Crippen LogP contribution in [0.4, 0.5) is 22.7 Å². The number of non-ortho nitro benzene ring substituents is 1. The Morgan fingerprint density at radius 1 is 0.769 bits per heavy atom. The second-order valence-electron chi connectivity index (χ2n) is 5.22. The molecule has 0 spiro atoms. The van der Waals surface area contributed by atoms with Gasteiger partial charge >= 0.3 is 5.69 Å². The Labute approximate surface area is 145 Å². The van der Waals surface area contributed by atoms with Gasteiger partial charge in [-0.2, -0.15) is 0 Å². The topological polar surface area (TPSA) is 151 Å². The lowest BCUT2D eigenvalue weighted by Gasteiger charge is -2.04. The number of phenols is 2. The first-order chi connectivity index (χ1) is 12.4. The zero-order valence-corrected chi connectivity index (χ0v) is 12.9. The van der Waals surface area contributed by atoms with E-state index >= 15 is 0 Å². The predicted molar refractivity (Wildman–Crippen MR) is 91.2 cm³/mol. The summed E-state index contributed by atoms with van der Waals surface area (Å²) in [4.78, 5) is 20.4. The highest BCUT2D eigenvalue weighted by Crippen LogP contribution is 2.37. The van der Waals surface area contributed by atoms with Gasteiger partial charge in [-0.25, -0.2) is 0 Å². The number of hydrogen-bond acceptors (Lipinski definition) is 8. The fourth-order valence-electron chi connectivity index (χ4n) is 2.36. The maximum atomic E-state index is 11.1. The van der Waals surface area contributed by atoms with Crippen LogP contribution >= 0.6 is 0 Å². The molecule has 130 valence electrons. The van der Waals surface area contributed by atoms with Crippen molar-refractivity contribution in [2.45, 2.75) is 0 Å². The summed E-state index contributed by atoms with van der Waals surface area (Å²) in [6.45, 7) is 0. The number of benzene rings is 3. The quantitative estimate of drug-likeness (QED) is 0.400. The van der Waals surface area contributed by atoms with Crippen LogP contribution < -0.4 is 0 Å². The summed E-state index contributed by atoms with van der Waals surface area (Å²) in [6.07, 6.45) is 0. The Morgan fingerprint density at radius 3 is 2.15 bits per heavy atom. The molecule has 2 N–H and O–H groups in total. The molecule has 0 aliphatic carbocycles. The van der Waals surface area contributed by atoms with Crippen LogP contribution in [0.1, 0.15) is 0 Å². The molecule has 10 heteroatoms. The lowest BCUT2D eigenvalue weighted by Crippen LogP contribution is -1.92. The molecule has 0 aromatic heterocycles. The van der Waals surface area contributed by atoms with Crippen molar-refractivity contribution >= 4 is 33.5 Å². The van der Waals surface area contributed by atoms with Crippen LogP contribution in [0, 0.1) is 20.2 Å². The van der Waals surface area contributed by atoms with Crippen molar-refractivity contribution in [3.63, 3.8) is 0 Å². The first kappa shape index (κ1) is 16.8. The van der Waals surface area contributed by atoms with E-state index in [2.05, 4.69) is 10.2 Å². The van der Waals surface area contributed by atoms with Crippen LogP contribution in [0.15, 0.2) is 58.8 Å². The molecule has 0 atom stereocenters. The standard InChI is InChI=1S/C16H10N4O6/c21-10-2-3-11-12(8-10)16(22)6-5-13(11)17-18-14-4-1-9(19(23)24)7-15(14)20(25)26/h1-8,21-22H. The molecule has 0 fully saturated rings. The molecule has 0 aliphatic heterocycles. The highest BCUT2D eigenvalue weighted by Gasteiger charge is 2.19. The monoisotopic (exact) mass is 354 g/mol. The van der Waals surface area contributed by atoms with Crippen LogP contribution in [-0.2, 0) is 0 Å².